The van der Waals surface area contributed by atoms with E-state index in [-0.39, 0.29) is 0 Å². The van der Waals surface area contributed by atoms with Crippen molar-refractivity contribution in [2.24, 2.45) is 0 Å². The first-order valence-electron chi connectivity index (χ1n) is 15.9. The van der Waals surface area contributed by atoms with Crippen LogP contribution in [0.5, 0.6) is 0 Å². The lowest BCUT2D eigenvalue weighted by Gasteiger charge is -2.26. The molecule has 0 fully saturated rings. The molecule has 5 heteroatoms. The van der Waals surface area contributed by atoms with Crippen LogP contribution in [0.4, 0.5) is 17.1 Å². The zero-order valence-corrected chi connectivity index (χ0v) is 26.1. The number of hydrogen-bond donors (Lipinski definition) is 0. The van der Waals surface area contributed by atoms with Crippen molar-refractivity contribution in [3.8, 4) is 34.4 Å². The van der Waals surface area contributed by atoms with Crippen LogP contribution in [0.15, 0.2) is 160 Å². The summed E-state index contributed by atoms with van der Waals surface area (Å²) in [4.78, 5) is 2.23. The van der Waals surface area contributed by atoms with Gasteiger partial charge in [0.15, 0.2) is 0 Å². The number of furan rings is 2. The normalized spacial score (nSPS) is 11.2. The van der Waals surface area contributed by atoms with Crippen LogP contribution in [0, 0.1) is 22.7 Å². The maximum Gasteiger partial charge on any atom is 0.143 e. The predicted octanol–water partition coefficient (Wildman–Crippen LogP) is 12.0. The summed E-state index contributed by atoms with van der Waals surface area (Å²) in [5, 5.41) is 23.4. The van der Waals surface area contributed by atoms with Crippen molar-refractivity contribution in [3.63, 3.8) is 0 Å². The quantitative estimate of drug-likeness (QED) is 0.190. The van der Waals surface area contributed by atoms with E-state index in [1.54, 1.807) is 6.07 Å². The van der Waals surface area contributed by atoms with Gasteiger partial charge in [0, 0.05) is 44.2 Å². The molecule has 0 radical (unpaired) electrons. The Morgan fingerprint density at radius 3 is 1.63 bits per heavy atom. The topological polar surface area (TPSA) is 77.1 Å². The van der Waals surface area contributed by atoms with Crippen LogP contribution in [-0.4, -0.2) is 0 Å². The number of hydrogen-bond acceptors (Lipinski definition) is 5. The second-order valence-corrected chi connectivity index (χ2v) is 12.0. The second kappa shape index (κ2) is 11.3. The molecule has 5 nitrogen and oxygen atoms in total. The van der Waals surface area contributed by atoms with Gasteiger partial charge in [0.25, 0.3) is 0 Å². The first-order valence-corrected chi connectivity index (χ1v) is 15.9. The molecule has 0 saturated heterocycles. The van der Waals surface area contributed by atoms with E-state index < -0.39 is 0 Å². The van der Waals surface area contributed by atoms with Gasteiger partial charge in [-0.3, -0.25) is 0 Å². The molecule has 0 spiro atoms. The van der Waals surface area contributed by atoms with Crippen LogP contribution >= 0.6 is 0 Å². The standard InChI is InChI=1S/C44H25N3O2/c45-26-28-22-29(27-46)24-32(23-28)30-12-16-33(17-13-30)47(35-20-21-43-40(25-35)38-7-2-3-10-41(38)48-43)34-18-14-31(15-19-34)36-8-5-9-39-37-6-1-4-11-42(37)49-44(36)39/h1-25H. The number of fused-ring (bicyclic) bond motifs is 6. The van der Waals surface area contributed by atoms with Gasteiger partial charge in [0.2, 0.25) is 0 Å². The Morgan fingerprint density at radius 2 is 0.959 bits per heavy atom. The fraction of sp³-hybridized carbons (Fsp3) is 0. The Kier molecular flexibility index (Phi) is 6.50. The smallest absolute Gasteiger partial charge is 0.143 e. The third kappa shape index (κ3) is 4.78. The molecule has 0 aliphatic carbocycles. The summed E-state index contributed by atoms with van der Waals surface area (Å²) in [6.07, 6.45) is 0. The minimum absolute atomic E-state index is 0.457. The summed E-state index contributed by atoms with van der Waals surface area (Å²) >= 11 is 0. The van der Waals surface area contributed by atoms with Gasteiger partial charge in [-0.15, -0.1) is 0 Å². The molecule has 2 heterocycles. The van der Waals surface area contributed by atoms with E-state index in [0.717, 1.165) is 83.2 Å². The first-order chi connectivity index (χ1) is 24.2. The summed E-state index contributed by atoms with van der Waals surface area (Å²) in [6, 6.07) is 55.1. The Labute approximate surface area is 281 Å². The molecule has 228 valence electrons. The molecule has 0 N–H and O–H groups in total. The summed E-state index contributed by atoms with van der Waals surface area (Å²) in [6.45, 7) is 0. The van der Waals surface area contributed by atoms with Crippen molar-refractivity contribution in [3.05, 3.63) is 163 Å². The highest BCUT2D eigenvalue weighted by molar-refractivity contribution is 6.10. The van der Waals surface area contributed by atoms with Gasteiger partial charge in [-0.05, 0) is 89.5 Å². The highest BCUT2D eigenvalue weighted by Crippen LogP contribution is 2.41. The molecule has 0 aliphatic rings. The van der Waals surface area contributed by atoms with Gasteiger partial charge in [-0.25, -0.2) is 0 Å². The summed E-state index contributed by atoms with van der Waals surface area (Å²) in [7, 11) is 0. The zero-order valence-electron chi connectivity index (χ0n) is 26.1. The number of rotatable bonds is 5. The number of benzene rings is 7. The number of para-hydroxylation sites is 3. The van der Waals surface area contributed by atoms with Crippen LogP contribution in [0.25, 0.3) is 66.1 Å². The summed E-state index contributed by atoms with van der Waals surface area (Å²) in [5.74, 6) is 0. The maximum atomic E-state index is 9.52. The molecule has 7 aromatic carbocycles. The lowest BCUT2D eigenvalue weighted by molar-refractivity contribution is 0.669. The second-order valence-electron chi connectivity index (χ2n) is 12.0. The van der Waals surface area contributed by atoms with Crippen molar-refractivity contribution in [2.45, 2.75) is 0 Å². The SMILES string of the molecule is N#Cc1cc(C#N)cc(-c2ccc(N(c3ccc(-c4cccc5c4oc4ccccc45)cc3)c3ccc4oc5ccccc5c4c3)cc2)c1. The molecule has 0 bridgehead atoms. The third-order valence-corrected chi connectivity index (χ3v) is 9.11. The molecule has 0 unspecified atom stereocenters. The average molecular weight is 628 g/mol. The van der Waals surface area contributed by atoms with E-state index in [1.165, 1.54) is 0 Å². The van der Waals surface area contributed by atoms with Crippen molar-refractivity contribution in [2.75, 3.05) is 4.90 Å². The summed E-state index contributed by atoms with van der Waals surface area (Å²) in [5.41, 5.74) is 11.1. The Balaban J connectivity index is 1.16. The Morgan fingerprint density at radius 1 is 0.408 bits per heavy atom. The van der Waals surface area contributed by atoms with Gasteiger partial charge in [-0.2, -0.15) is 10.5 Å². The minimum atomic E-state index is 0.457. The van der Waals surface area contributed by atoms with E-state index in [4.69, 9.17) is 8.83 Å². The van der Waals surface area contributed by atoms with Crippen molar-refractivity contribution >= 4 is 60.9 Å². The first kappa shape index (κ1) is 28.2. The minimum Gasteiger partial charge on any atom is -0.456 e. The maximum absolute atomic E-state index is 9.52. The van der Waals surface area contributed by atoms with Crippen molar-refractivity contribution in [1.82, 2.24) is 0 Å². The van der Waals surface area contributed by atoms with Crippen LogP contribution in [0.1, 0.15) is 11.1 Å². The molecule has 0 atom stereocenters. The van der Waals surface area contributed by atoms with E-state index in [2.05, 4.69) is 95.9 Å². The number of nitrogens with zero attached hydrogens (tertiary/aromatic N) is 3. The largest absolute Gasteiger partial charge is 0.456 e. The molecule has 0 aliphatic heterocycles. The van der Waals surface area contributed by atoms with Gasteiger partial charge in [-0.1, -0.05) is 78.9 Å². The van der Waals surface area contributed by atoms with Crippen molar-refractivity contribution < 1.29 is 8.83 Å². The summed E-state index contributed by atoms with van der Waals surface area (Å²) < 4.78 is 12.5. The van der Waals surface area contributed by atoms with E-state index in [0.29, 0.717) is 11.1 Å². The van der Waals surface area contributed by atoms with Crippen LogP contribution < -0.4 is 4.90 Å². The van der Waals surface area contributed by atoms with Crippen LogP contribution in [-0.2, 0) is 0 Å². The van der Waals surface area contributed by atoms with Crippen molar-refractivity contribution in [1.29, 1.82) is 10.5 Å². The lowest BCUT2D eigenvalue weighted by Crippen LogP contribution is -2.09. The van der Waals surface area contributed by atoms with Gasteiger partial charge < -0.3 is 13.7 Å². The highest BCUT2D eigenvalue weighted by atomic mass is 16.3. The molecule has 49 heavy (non-hydrogen) atoms. The van der Waals surface area contributed by atoms with Crippen LogP contribution in [0.3, 0.4) is 0 Å². The van der Waals surface area contributed by atoms with Gasteiger partial charge in [0.1, 0.15) is 22.3 Å². The third-order valence-electron chi connectivity index (χ3n) is 9.11. The predicted molar refractivity (Wildman–Crippen MR) is 196 cm³/mol. The number of anilines is 3. The van der Waals surface area contributed by atoms with E-state index >= 15 is 0 Å². The molecule has 9 rings (SSSR count). The van der Waals surface area contributed by atoms with Crippen LogP contribution in [0.2, 0.25) is 0 Å². The average Bonchev–Trinajstić information content (AvgIpc) is 3.74. The molecule has 0 saturated carbocycles. The Hall–Kier alpha value is -7.08. The highest BCUT2D eigenvalue weighted by Gasteiger charge is 2.17. The molecular weight excluding hydrogens is 603 g/mol. The lowest BCUT2D eigenvalue weighted by atomic mass is 9.99. The fourth-order valence-electron chi connectivity index (χ4n) is 6.79. The molecule has 9 aromatic rings. The monoisotopic (exact) mass is 627 g/mol. The molecular formula is C44H25N3O2. The van der Waals surface area contributed by atoms with E-state index in [9.17, 15) is 10.5 Å². The van der Waals surface area contributed by atoms with E-state index in [1.807, 2.05) is 66.7 Å². The fourth-order valence-corrected chi connectivity index (χ4v) is 6.79. The van der Waals surface area contributed by atoms with Gasteiger partial charge >= 0.3 is 0 Å². The van der Waals surface area contributed by atoms with Gasteiger partial charge in [0.05, 0.1) is 23.3 Å². The molecule has 0 amide bonds. The Bertz CT molecular complexity index is 2760. The zero-order chi connectivity index (χ0) is 32.9. The number of nitriles is 2. The molecule has 2 aromatic heterocycles.